The van der Waals surface area contributed by atoms with Crippen LogP contribution in [0.5, 0.6) is 0 Å². The van der Waals surface area contributed by atoms with Crippen molar-refractivity contribution in [1.82, 2.24) is 25.2 Å². The van der Waals surface area contributed by atoms with Gasteiger partial charge in [0.15, 0.2) is 5.82 Å². The van der Waals surface area contributed by atoms with Gasteiger partial charge in [0.2, 0.25) is 0 Å². The van der Waals surface area contributed by atoms with Crippen LogP contribution >= 0.6 is 11.8 Å². The van der Waals surface area contributed by atoms with E-state index in [2.05, 4.69) is 25.8 Å². The number of nitrogens with one attached hydrogen (secondary N) is 1. The molecule has 0 aliphatic rings. The minimum atomic E-state index is -0.540. The molecular weight excluding hydrogens is 403 g/mol. The Hall–Kier alpha value is -3.59. The predicted molar refractivity (Wildman–Crippen MR) is 112 cm³/mol. The number of rotatable bonds is 6. The van der Waals surface area contributed by atoms with Crippen LogP contribution in [0.3, 0.4) is 0 Å². The van der Waals surface area contributed by atoms with Crippen LogP contribution in [0.1, 0.15) is 21.7 Å². The van der Waals surface area contributed by atoms with Gasteiger partial charge in [0.05, 0.1) is 11.4 Å². The number of amides is 1. The highest BCUT2D eigenvalue weighted by molar-refractivity contribution is 7.98. The topological polar surface area (TPSA) is 85.6 Å². The highest BCUT2D eigenvalue weighted by Gasteiger charge is 2.12. The van der Waals surface area contributed by atoms with E-state index in [1.807, 2.05) is 30.5 Å². The molecule has 0 saturated carbocycles. The molecule has 0 saturated heterocycles. The predicted octanol–water partition coefficient (Wildman–Crippen LogP) is 4.05. The molecule has 0 atom stereocenters. The first kappa shape index (κ1) is 19.7. The maximum atomic E-state index is 14.2. The molecule has 7 nitrogen and oxygen atoms in total. The van der Waals surface area contributed by atoms with Crippen molar-refractivity contribution >= 4 is 23.4 Å². The van der Waals surface area contributed by atoms with Gasteiger partial charge in [-0.15, -0.1) is 16.9 Å². The third-order valence-corrected chi connectivity index (χ3v) is 5.40. The van der Waals surface area contributed by atoms with Gasteiger partial charge in [0.25, 0.3) is 5.91 Å². The second-order valence-electron chi connectivity index (χ2n) is 6.43. The van der Waals surface area contributed by atoms with Crippen molar-refractivity contribution in [3.05, 3.63) is 89.8 Å². The number of carbonyl (C=O) groups is 1. The SMILES string of the molecule is Cc1nnnn1-c1ccc(F)c(NC(=O)c2ccc(SCc3cccnc3)cc2)c1. The van der Waals surface area contributed by atoms with Crippen molar-refractivity contribution in [3.8, 4) is 5.69 Å². The summed E-state index contributed by atoms with van der Waals surface area (Å²) in [6, 6.07) is 15.4. The van der Waals surface area contributed by atoms with E-state index in [1.165, 1.54) is 16.8 Å². The van der Waals surface area contributed by atoms with E-state index >= 15 is 0 Å². The summed E-state index contributed by atoms with van der Waals surface area (Å²) in [6.07, 6.45) is 3.57. The van der Waals surface area contributed by atoms with E-state index in [4.69, 9.17) is 0 Å². The van der Waals surface area contributed by atoms with Gasteiger partial charge >= 0.3 is 0 Å². The van der Waals surface area contributed by atoms with Gasteiger partial charge in [-0.05, 0) is 71.4 Å². The van der Waals surface area contributed by atoms with E-state index in [9.17, 15) is 9.18 Å². The molecule has 0 unspecified atom stereocenters. The number of carbonyl (C=O) groups excluding carboxylic acids is 1. The number of hydrogen-bond donors (Lipinski definition) is 1. The van der Waals surface area contributed by atoms with Crippen LogP contribution in [0, 0.1) is 12.7 Å². The van der Waals surface area contributed by atoms with Crippen LogP contribution in [-0.4, -0.2) is 31.1 Å². The highest BCUT2D eigenvalue weighted by atomic mass is 32.2. The summed E-state index contributed by atoms with van der Waals surface area (Å²) in [5.41, 5.74) is 2.17. The molecular formula is C21H17FN6OS. The third-order valence-electron chi connectivity index (χ3n) is 4.31. The van der Waals surface area contributed by atoms with Crippen LogP contribution < -0.4 is 5.32 Å². The summed E-state index contributed by atoms with van der Waals surface area (Å²) in [7, 11) is 0. The van der Waals surface area contributed by atoms with E-state index in [1.54, 1.807) is 43.1 Å². The Kier molecular flexibility index (Phi) is 5.80. The molecule has 0 aliphatic carbocycles. The standard InChI is InChI=1S/C21H17FN6OS/c1-14-25-26-27-28(14)17-6-9-19(22)20(11-17)24-21(29)16-4-7-18(8-5-16)30-13-15-3-2-10-23-12-15/h2-12H,13H2,1H3,(H,24,29). The van der Waals surface area contributed by atoms with Crippen LogP contribution in [-0.2, 0) is 5.75 Å². The summed E-state index contributed by atoms with van der Waals surface area (Å²) < 4.78 is 15.7. The number of tetrazole rings is 1. The summed E-state index contributed by atoms with van der Waals surface area (Å²) in [5.74, 6) is 0.400. The average molecular weight is 420 g/mol. The first-order valence-electron chi connectivity index (χ1n) is 9.08. The molecule has 4 aromatic rings. The van der Waals surface area contributed by atoms with Crippen LogP contribution in [0.25, 0.3) is 5.69 Å². The fraction of sp³-hybridized carbons (Fsp3) is 0.0952. The number of pyridine rings is 1. The quantitative estimate of drug-likeness (QED) is 0.474. The zero-order valence-corrected chi connectivity index (χ0v) is 16.8. The van der Waals surface area contributed by atoms with Crippen molar-refractivity contribution in [3.63, 3.8) is 0 Å². The summed E-state index contributed by atoms with van der Waals surface area (Å²) in [4.78, 5) is 17.7. The minimum Gasteiger partial charge on any atom is -0.319 e. The third kappa shape index (κ3) is 4.52. The zero-order valence-electron chi connectivity index (χ0n) is 16.0. The molecule has 2 heterocycles. The number of thioether (sulfide) groups is 1. The van der Waals surface area contributed by atoms with Gasteiger partial charge in [-0.1, -0.05) is 6.07 Å². The fourth-order valence-electron chi connectivity index (χ4n) is 2.76. The molecule has 1 amide bonds. The normalized spacial score (nSPS) is 10.7. The molecule has 0 bridgehead atoms. The van der Waals surface area contributed by atoms with Crippen molar-refractivity contribution in [2.75, 3.05) is 5.32 Å². The molecule has 9 heteroatoms. The number of nitrogens with zero attached hydrogens (tertiary/aromatic N) is 5. The van der Waals surface area contributed by atoms with Gasteiger partial charge in [-0.2, -0.15) is 4.68 Å². The second kappa shape index (κ2) is 8.83. The van der Waals surface area contributed by atoms with E-state index in [0.29, 0.717) is 17.1 Å². The molecule has 4 rings (SSSR count). The lowest BCUT2D eigenvalue weighted by molar-refractivity contribution is 0.102. The molecule has 0 fully saturated rings. The number of aromatic nitrogens is 5. The monoisotopic (exact) mass is 420 g/mol. The molecule has 2 aromatic carbocycles. The average Bonchev–Trinajstić information content (AvgIpc) is 3.21. The Morgan fingerprint density at radius 3 is 2.70 bits per heavy atom. The molecule has 0 radical (unpaired) electrons. The Morgan fingerprint density at radius 1 is 1.17 bits per heavy atom. The molecule has 0 aliphatic heterocycles. The van der Waals surface area contributed by atoms with E-state index < -0.39 is 11.7 Å². The molecule has 150 valence electrons. The smallest absolute Gasteiger partial charge is 0.255 e. The number of benzene rings is 2. The second-order valence-corrected chi connectivity index (χ2v) is 7.48. The lowest BCUT2D eigenvalue weighted by Gasteiger charge is -2.10. The Bertz CT molecular complexity index is 1160. The van der Waals surface area contributed by atoms with Crippen molar-refractivity contribution in [2.45, 2.75) is 17.6 Å². The largest absolute Gasteiger partial charge is 0.319 e. The van der Waals surface area contributed by atoms with E-state index in [-0.39, 0.29) is 5.69 Å². The first-order valence-corrected chi connectivity index (χ1v) is 10.1. The van der Waals surface area contributed by atoms with Gasteiger partial charge in [0, 0.05) is 28.6 Å². The highest BCUT2D eigenvalue weighted by Crippen LogP contribution is 2.24. The molecule has 30 heavy (non-hydrogen) atoms. The van der Waals surface area contributed by atoms with Gasteiger partial charge in [-0.3, -0.25) is 9.78 Å². The molecule has 0 spiro atoms. The van der Waals surface area contributed by atoms with Gasteiger partial charge in [0.1, 0.15) is 5.82 Å². The maximum Gasteiger partial charge on any atom is 0.255 e. The van der Waals surface area contributed by atoms with Gasteiger partial charge in [-0.25, -0.2) is 4.39 Å². The van der Waals surface area contributed by atoms with Crippen molar-refractivity contribution < 1.29 is 9.18 Å². The van der Waals surface area contributed by atoms with Crippen LogP contribution in [0.15, 0.2) is 71.9 Å². The summed E-state index contributed by atoms with van der Waals surface area (Å²) in [5, 5.41) is 13.9. The lowest BCUT2D eigenvalue weighted by Crippen LogP contribution is -2.13. The minimum absolute atomic E-state index is 0.0578. The number of aryl methyl sites for hydroxylation is 1. The Morgan fingerprint density at radius 2 is 2.00 bits per heavy atom. The maximum absolute atomic E-state index is 14.2. The molecule has 1 N–H and O–H groups in total. The summed E-state index contributed by atoms with van der Waals surface area (Å²) >= 11 is 1.65. The van der Waals surface area contributed by atoms with Gasteiger partial charge < -0.3 is 5.32 Å². The Balaban J connectivity index is 1.44. The lowest BCUT2D eigenvalue weighted by atomic mass is 10.2. The zero-order chi connectivity index (χ0) is 20.9. The number of halogens is 1. The first-order chi connectivity index (χ1) is 14.6. The Labute approximate surface area is 176 Å². The van der Waals surface area contributed by atoms with E-state index in [0.717, 1.165) is 16.2 Å². The fourth-order valence-corrected chi connectivity index (χ4v) is 3.59. The van der Waals surface area contributed by atoms with Crippen LogP contribution in [0.4, 0.5) is 10.1 Å². The summed E-state index contributed by atoms with van der Waals surface area (Å²) in [6.45, 7) is 1.73. The number of hydrogen-bond acceptors (Lipinski definition) is 6. The van der Waals surface area contributed by atoms with Crippen LogP contribution in [0.2, 0.25) is 0 Å². The number of anilines is 1. The van der Waals surface area contributed by atoms with Crippen molar-refractivity contribution in [1.29, 1.82) is 0 Å². The van der Waals surface area contributed by atoms with Crippen molar-refractivity contribution in [2.24, 2.45) is 0 Å². The molecule has 2 aromatic heterocycles.